The van der Waals surface area contributed by atoms with Crippen LogP contribution in [0.3, 0.4) is 0 Å². The van der Waals surface area contributed by atoms with Crippen molar-refractivity contribution in [3.05, 3.63) is 35.6 Å². The molecule has 2 N–H and O–H groups in total. The Morgan fingerprint density at radius 3 is 2.45 bits per heavy atom. The summed E-state index contributed by atoms with van der Waals surface area (Å²) in [5.74, 6) is -0.417. The summed E-state index contributed by atoms with van der Waals surface area (Å²) in [4.78, 5) is 13.8. The molecule has 1 unspecified atom stereocenters. The first-order valence-electron chi connectivity index (χ1n) is 6.64. The Morgan fingerprint density at radius 2 is 1.95 bits per heavy atom. The van der Waals surface area contributed by atoms with Crippen LogP contribution < -0.4 is 5.32 Å². The molecule has 0 aliphatic carbocycles. The largest absolute Gasteiger partial charge is 0.389 e. The fraction of sp³-hybridized carbons (Fsp3) is 0.533. The van der Waals surface area contributed by atoms with E-state index < -0.39 is 5.60 Å². The molecular formula is C15H23FN2O2. The van der Waals surface area contributed by atoms with Crippen LogP contribution in [0.1, 0.15) is 26.3 Å². The van der Waals surface area contributed by atoms with Gasteiger partial charge >= 0.3 is 0 Å². The second-order valence-electron chi connectivity index (χ2n) is 5.75. The normalized spacial score (nSPS) is 13.3. The van der Waals surface area contributed by atoms with E-state index in [1.54, 1.807) is 44.9 Å². The van der Waals surface area contributed by atoms with Gasteiger partial charge in [-0.2, -0.15) is 0 Å². The summed E-state index contributed by atoms with van der Waals surface area (Å²) in [5.41, 5.74) is -0.00245. The summed E-state index contributed by atoms with van der Waals surface area (Å²) in [6.07, 6.45) is 0. The number of amides is 1. The van der Waals surface area contributed by atoms with Crippen molar-refractivity contribution in [2.24, 2.45) is 0 Å². The van der Waals surface area contributed by atoms with Crippen molar-refractivity contribution in [2.45, 2.75) is 39.0 Å². The number of carbonyl (C=O) groups is 1. The van der Waals surface area contributed by atoms with E-state index in [4.69, 9.17) is 0 Å². The molecule has 1 amide bonds. The van der Waals surface area contributed by atoms with Crippen LogP contribution in [-0.4, -0.2) is 41.1 Å². The Kier molecular flexibility index (Phi) is 5.65. The van der Waals surface area contributed by atoms with Crippen molar-refractivity contribution in [3.8, 4) is 0 Å². The van der Waals surface area contributed by atoms with Gasteiger partial charge in [0.25, 0.3) is 0 Å². The molecule has 0 aliphatic rings. The molecule has 1 rings (SSSR count). The van der Waals surface area contributed by atoms with Gasteiger partial charge in [-0.25, -0.2) is 4.39 Å². The highest BCUT2D eigenvalue weighted by molar-refractivity contribution is 5.81. The van der Waals surface area contributed by atoms with Gasteiger partial charge in [0.1, 0.15) is 5.82 Å². The number of likely N-dealkylation sites (N-methyl/N-ethyl adjacent to an activating group) is 1. The second-order valence-corrected chi connectivity index (χ2v) is 5.75. The van der Waals surface area contributed by atoms with Crippen LogP contribution in [0.4, 0.5) is 4.39 Å². The first-order chi connectivity index (χ1) is 9.19. The molecule has 0 saturated carbocycles. The van der Waals surface area contributed by atoms with Crippen molar-refractivity contribution in [2.75, 3.05) is 13.6 Å². The third-order valence-corrected chi connectivity index (χ3v) is 3.06. The number of aliphatic hydroxyl groups is 1. The van der Waals surface area contributed by atoms with E-state index in [0.29, 0.717) is 13.1 Å². The first kappa shape index (κ1) is 16.6. The fourth-order valence-corrected chi connectivity index (χ4v) is 1.89. The third-order valence-electron chi connectivity index (χ3n) is 3.06. The summed E-state index contributed by atoms with van der Waals surface area (Å²) < 4.78 is 12.8. The van der Waals surface area contributed by atoms with E-state index in [0.717, 1.165) is 5.56 Å². The highest BCUT2D eigenvalue weighted by atomic mass is 19.1. The molecule has 0 fully saturated rings. The Bertz CT molecular complexity index is 440. The highest BCUT2D eigenvalue weighted by Crippen LogP contribution is 2.07. The van der Waals surface area contributed by atoms with Gasteiger partial charge in [0.15, 0.2) is 0 Å². The fourth-order valence-electron chi connectivity index (χ4n) is 1.89. The standard InChI is InChI=1S/C15H23FN2O2/c1-11(18(4)10-15(2,3)20)14(19)17-9-12-5-7-13(16)8-6-12/h5-8,11,20H,9-10H2,1-4H3,(H,17,19). The molecule has 112 valence electrons. The molecule has 0 heterocycles. The summed E-state index contributed by atoms with van der Waals surface area (Å²) >= 11 is 0. The van der Waals surface area contributed by atoms with Crippen molar-refractivity contribution in [1.29, 1.82) is 0 Å². The lowest BCUT2D eigenvalue weighted by Crippen LogP contribution is -2.47. The number of benzene rings is 1. The zero-order valence-corrected chi connectivity index (χ0v) is 12.5. The molecule has 0 aliphatic heterocycles. The van der Waals surface area contributed by atoms with Crippen LogP contribution in [0.2, 0.25) is 0 Å². The maximum absolute atomic E-state index is 12.8. The van der Waals surface area contributed by atoms with E-state index in [1.165, 1.54) is 12.1 Å². The topological polar surface area (TPSA) is 52.6 Å². The van der Waals surface area contributed by atoms with Gasteiger partial charge < -0.3 is 10.4 Å². The molecule has 0 radical (unpaired) electrons. The lowest BCUT2D eigenvalue weighted by molar-refractivity contribution is -0.126. The third kappa shape index (κ3) is 5.67. The van der Waals surface area contributed by atoms with Crippen LogP contribution >= 0.6 is 0 Å². The minimum absolute atomic E-state index is 0.124. The molecular weight excluding hydrogens is 259 g/mol. The summed E-state index contributed by atoms with van der Waals surface area (Å²) in [7, 11) is 1.79. The molecule has 4 nitrogen and oxygen atoms in total. The predicted octanol–water partition coefficient (Wildman–Crippen LogP) is 1.53. The van der Waals surface area contributed by atoms with Gasteiger partial charge in [-0.1, -0.05) is 12.1 Å². The van der Waals surface area contributed by atoms with E-state index in [2.05, 4.69) is 5.32 Å². The molecule has 5 heteroatoms. The van der Waals surface area contributed by atoms with Gasteiger partial charge in [0.05, 0.1) is 11.6 Å². The minimum Gasteiger partial charge on any atom is -0.389 e. The lowest BCUT2D eigenvalue weighted by Gasteiger charge is -2.29. The number of nitrogens with zero attached hydrogens (tertiary/aromatic N) is 1. The van der Waals surface area contributed by atoms with Crippen molar-refractivity contribution in [3.63, 3.8) is 0 Å². The van der Waals surface area contributed by atoms with Gasteiger partial charge in [0, 0.05) is 13.1 Å². The molecule has 0 spiro atoms. The lowest BCUT2D eigenvalue weighted by atomic mass is 10.1. The molecule has 0 aromatic heterocycles. The summed E-state index contributed by atoms with van der Waals surface area (Å²) in [6.45, 7) is 5.95. The van der Waals surface area contributed by atoms with E-state index >= 15 is 0 Å². The maximum Gasteiger partial charge on any atom is 0.237 e. The number of halogens is 1. The van der Waals surface area contributed by atoms with Crippen LogP contribution in [0.15, 0.2) is 24.3 Å². The Balaban J connectivity index is 2.47. The van der Waals surface area contributed by atoms with Gasteiger partial charge in [-0.15, -0.1) is 0 Å². The molecule has 1 aromatic rings. The Morgan fingerprint density at radius 1 is 1.40 bits per heavy atom. The van der Waals surface area contributed by atoms with Crippen molar-refractivity contribution in [1.82, 2.24) is 10.2 Å². The molecule has 0 bridgehead atoms. The number of nitrogens with one attached hydrogen (secondary N) is 1. The predicted molar refractivity (Wildman–Crippen MR) is 76.6 cm³/mol. The summed E-state index contributed by atoms with van der Waals surface area (Å²) in [5, 5.41) is 12.5. The maximum atomic E-state index is 12.8. The molecule has 1 atom stereocenters. The monoisotopic (exact) mass is 282 g/mol. The smallest absolute Gasteiger partial charge is 0.237 e. The van der Waals surface area contributed by atoms with E-state index in [-0.39, 0.29) is 17.8 Å². The number of rotatable bonds is 6. The Labute approximate surface area is 119 Å². The molecule has 20 heavy (non-hydrogen) atoms. The van der Waals surface area contributed by atoms with Crippen LogP contribution in [0.25, 0.3) is 0 Å². The first-order valence-corrected chi connectivity index (χ1v) is 6.64. The summed E-state index contributed by atoms with van der Waals surface area (Å²) in [6, 6.07) is 5.67. The molecule has 0 saturated heterocycles. The molecule has 1 aromatic carbocycles. The van der Waals surface area contributed by atoms with Gasteiger partial charge in [-0.3, -0.25) is 9.69 Å². The zero-order valence-electron chi connectivity index (χ0n) is 12.5. The quantitative estimate of drug-likeness (QED) is 0.832. The van der Waals surface area contributed by atoms with E-state index in [9.17, 15) is 14.3 Å². The van der Waals surface area contributed by atoms with Crippen LogP contribution in [0.5, 0.6) is 0 Å². The zero-order chi connectivity index (χ0) is 15.3. The average molecular weight is 282 g/mol. The van der Waals surface area contributed by atoms with Crippen molar-refractivity contribution < 1.29 is 14.3 Å². The van der Waals surface area contributed by atoms with Crippen molar-refractivity contribution >= 4 is 5.91 Å². The van der Waals surface area contributed by atoms with Crippen LogP contribution in [-0.2, 0) is 11.3 Å². The highest BCUT2D eigenvalue weighted by Gasteiger charge is 2.23. The van der Waals surface area contributed by atoms with Gasteiger partial charge in [0.2, 0.25) is 5.91 Å². The van der Waals surface area contributed by atoms with E-state index in [1.807, 2.05) is 0 Å². The number of hydrogen-bond acceptors (Lipinski definition) is 3. The SMILES string of the molecule is CC(C(=O)NCc1ccc(F)cc1)N(C)CC(C)(C)O. The van der Waals surface area contributed by atoms with Gasteiger partial charge in [-0.05, 0) is 45.5 Å². The average Bonchev–Trinajstić information content (AvgIpc) is 2.34. The minimum atomic E-state index is -0.847. The van der Waals surface area contributed by atoms with Crippen LogP contribution in [0, 0.1) is 5.82 Å². The Hall–Kier alpha value is -1.46. The second kappa shape index (κ2) is 6.81. The number of carbonyl (C=O) groups excluding carboxylic acids is 1. The number of hydrogen-bond donors (Lipinski definition) is 2.